The van der Waals surface area contributed by atoms with E-state index in [1.807, 2.05) is 6.20 Å². The Bertz CT molecular complexity index is 361. The van der Waals surface area contributed by atoms with Crippen LogP contribution in [-0.4, -0.2) is 16.5 Å². The Balaban J connectivity index is 1.93. The Morgan fingerprint density at radius 1 is 1.40 bits per heavy atom. The summed E-state index contributed by atoms with van der Waals surface area (Å²) < 4.78 is 0. The predicted molar refractivity (Wildman–Crippen MR) is 58.6 cm³/mol. The molecule has 2 aliphatic rings. The Morgan fingerprint density at radius 2 is 2.20 bits per heavy atom. The third kappa shape index (κ3) is 1.46. The number of rotatable bonds is 3. The Labute approximate surface area is 90.1 Å². The Kier molecular flexibility index (Phi) is 2.02. The van der Waals surface area contributed by atoms with Gasteiger partial charge in [0.25, 0.3) is 0 Å². The molecule has 0 radical (unpaired) electrons. The first-order chi connectivity index (χ1) is 7.34. The molecule has 2 aliphatic carbocycles. The molecule has 0 spiro atoms. The van der Waals surface area contributed by atoms with Gasteiger partial charge in [0.15, 0.2) is 0 Å². The summed E-state index contributed by atoms with van der Waals surface area (Å²) in [6, 6.07) is 2.06. The molecule has 2 fully saturated rings. The van der Waals surface area contributed by atoms with Gasteiger partial charge in [-0.25, -0.2) is 9.97 Å². The third-order valence-corrected chi connectivity index (χ3v) is 3.85. The maximum absolute atomic E-state index is 5.86. The van der Waals surface area contributed by atoms with Crippen LogP contribution in [0.15, 0.2) is 12.3 Å². The topological polar surface area (TPSA) is 51.8 Å². The van der Waals surface area contributed by atoms with E-state index in [1.165, 1.54) is 25.0 Å². The van der Waals surface area contributed by atoms with Gasteiger partial charge in [-0.1, -0.05) is 6.42 Å². The zero-order valence-corrected chi connectivity index (χ0v) is 8.95. The fourth-order valence-corrected chi connectivity index (χ4v) is 2.36. The van der Waals surface area contributed by atoms with Crippen LogP contribution in [0.25, 0.3) is 0 Å². The number of hydrogen-bond acceptors (Lipinski definition) is 3. The van der Waals surface area contributed by atoms with Crippen molar-refractivity contribution in [1.29, 1.82) is 0 Å². The standard InChI is InChI=1S/C12H17N3/c13-8-12(5-1-6-12)11-14-7-4-10(15-11)9-2-3-9/h4,7,9H,1-3,5-6,8,13H2. The molecule has 2 saturated carbocycles. The van der Waals surface area contributed by atoms with E-state index in [1.54, 1.807) is 0 Å². The maximum atomic E-state index is 5.86. The fourth-order valence-electron chi connectivity index (χ4n) is 2.36. The van der Waals surface area contributed by atoms with Gasteiger partial charge in [0.1, 0.15) is 5.82 Å². The number of aromatic nitrogens is 2. The lowest BCUT2D eigenvalue weighted by Gasteiger charge is -2.39. The van der Waals surface area contributed by atoms with Crippen LogP contribution in [0.4, 0.5) is 0 Å². The normalized spacial score (nSPS) is 23.5. The van der Waals surface area contributed by atoms with E-state index in [9.17, 15) is 0 Å². The molecule has 0 bridgehead atoms. The van der Waals surface area contributed by atoms with Crippen molar-refractivity contribution < 1.29 is 0 Å². The molecule has 3 heteroatoms. The second-order valence-corrected chi connectivity index (χ2v) is 4.92. The molecule has 15 heavy (non-hydrogen) atoms. The second-order valence-electron chi connectivity index (χ2n) is 4.92. The van der Waals surface area contributed by atoms with Gasteiger partial charge in [-0.05, 0) is 31.7 Å². The summed E-state index contributed by atoms with van der Waals surface area (Å²) in [4.78, 5) is 9.13. The first-order valence-corrected chi connectivity index (χ1v) is 5.88. The molecule has 0 saturated heterocycles. The van der Waals surface area contributed by atoms with Crippen LogP contribution < -0.4 is 5.73 Å². The first kappa shape index (κ1) is 9.28. The fraction of sp³-hybridized carbons (Fsp3) is 0.667. The van der Waals surface area contributed by atoms with Crippen molar-refractivity contribution in [3.05, 3.63) is 23.8 Å². The molecule has 2 N–H and O–H groups in total. The third-order valence-electron chi connectivity index (χ3n) is 3.85. The molecule has 80 valence electrons. The van der Waals surface area contributed by atoms with Crippen molar-refractivity contribution in [3.8, 4) is 0 Å². The van der Waals surface area contributed by atoms with Gasteiger partial charge in [-0.2, -0.15) is 0 Å². The molecule has 1 heterocycles. The monoisotopic (exact) mass is 203 g/mol. The molecule has 0 unspecified atom stereocenters. The van der Waals surface area contributed by atoms with Crippen molar-refractivity contribution in [1.82, 2.24) is 9.97 Å². The van der Waals surface area contributed by atoms with Gasteiger partial charge in [-0.15, -0.1) is 0 Å². The van der Waals surface area contributed by atoms with E-state index < -0.39 is 0 Å². The summed E-state index contributed by atoms with van der Waals surface area (Å²) >= 11 is 0. The van der Waals surface area contributed by atoms with Crippen molar-refractivity contribution in [3.63, 3.8) is 0 Å². The Morgan fingerprint density at radius 3 is 2.73 bits per heavy atom. The molecule has 0 aliphatic heterocycles. The minimum atomic E-state index is 0.116. The lowest BCUT2D eigenvalue weighted by atomic mass is 9.68. The van der Waals surface area contributed by atoms with Crippen LogP contribution in [0.2, 0.25) is 0 Å². The molecular weight excluding hydrogens is 186 g/mol. The van der Waals surface area contributed by atoms with E-state index in [4.69, 9.17) is 10.7 Å². The molecule has 0 aromatic carbocycles. The number of hydrogen-bond donors (Lipinski definition) is 1. The lowest BCUT2D eigenvalue weighted by Crippen LogP contribution is -2.43. The van der Waals surface area contributed by atoms with Crippen molar-refractivity contribution in [2.75, 3.05) is 6.54 Å². The zero-order valence-electron chi connectivity index (χ0n) is 8.95. The lowest BCUT2D eigenvalue weighted by molar-refractivity contribution is 0.237. The highest BCUT2D eigenvalue weighted by atomic mass is 14.9. The smallest absolute Gasteiger partial charge is 0.135 e. The largest absolute Gasteiger partial charge is 0.329 e. The van der Waals surface area contributed by atoms with E-state index in [0.717, 1.165) is 18.7 Å². The average Bonchev–Trinajstić information content (AvgIpc) is 3.01. The van der Waals surface area contributed by atoms with E-state index in [-0.39, 0.29) is 5.41 Å². The molecule has 3 nitrogen and oxygen atoms in total. The summed E-state index contributed by atoms with van der Waals surface area (Å²) in [5, 5.41) is 0. The summed E-state index contributed by atoms with van der Waals surface area (Å²) in [5.41, 5.74) is 7.21. The summed E-state index contributed by atoms with van der Waals surface area (Å²) in [6.45, 7) is 0.696. The highest BCUT2D eigenvalue weighted by Gasteiger charge is 2.40. The number of nitrogens with zero attached hydrogens (tertiary/aromatic N) is 2. The van der Waals surface area contributed by atoms with E-state index in [0.29, 0.717) is 12.5 Å². The molecule has 3 rings (SSSR count). The quantitative estimate of drug-likeness (QED) is 0.814. The zero-order chi connectivity index (χ0) is 10.3. The minimum Gasteiger partial charge on any atom is -0.329 e. The van der Waals surface area contributed by atoms with Crippen molar-refractivity contribution >= 4 is 0 Å². The van der Waals surface area contributed by atoms with Gasteiger partial charge in [0, 0.05) is 29.8 Å². The summed E-state index contributed by atoms with van der Waals surface area (Å²) in [6.07, 6.45) is 8.10. The molecule has 0 amide bonds. The van der Waals surface area contributed by atoms with Crippen LogP contribution in [0.3, 0.4) is 0 Å². The highest BCUT2D eigenvalue weighted by Crippen LogP contribution is 2.43. The maximum Gasteiger partial charge on any atom is 0.135 e. The summed E-state index contributed by atoms with van der Waals surface area (Å²) in [7, 11) is 0. The van der Waals surface area contributed by atoms with Crippen LogP contribution in [0.1, 0.15) is 49.5 Å². The van der Waals surface area contributed by atoms with Crippen molar-refractivity contribution in [2.24, 2.45) is 5.73 Å². The second kappa shape index (κ2) is 3.27. The predicted octanol–water partition coefficient (Wildman–Crippen LogP) is 1.73. The Hall–Kier alpha value is -0.960. The van der Waals surface area contributed by atoms with Gasteiger partial charge < -0.3 is 5.73 Å². The van der Waals surface area contributed by atoms with Gasteiger partial charge in [0.05, 0.1) is 0 Å². The molecule has 1 aromatic heterocycles. The van der Waals surface area contributed by atoms with Crippen LogP contribution >= 0.6 is 0 Å². The minimum absolute atomic E-state index is 0.116. The van der Waals surface area contributed by atoms with Crippen LogP contribution in [-0.2, 0) is 5.41 Å². The van der Waals surface area contributed by atoms with Gasteiger partial charge >= 0.3 is 0 Å². The summed E-state index contributed by atoms with van der Waals surface area (Å²) in [5.74, 6) is 1.71. The van der Waals surface area contributed by atoms with Crippen LogP contribution in [0.5, 0.6) is 0 Å². The van der Waals surface area contributed by atoms with Crippen molar-refractivity contribution in [2.45, 2.75) is 43.4 Å². The van der Waals surface area contributed by atoms with E-state index in [2.05, 4.69) is 11.1 Å². The highest BCUT2D eigenvalue weighted by molar-refractivity contribution is 5.20. The molecule has 0 atom stereocenters. The van der Waals surface area contributed by atoms with Crippen LogP contribution in [0, 0.1) is 0 Å². The van der Waals surface area contributed by atoms with Gasteiger partial charge in [-0.3, -0.25) is 0 Å². The first-order valence-electron chi connectivity index (χ1n) is 5.88. The SMILES string of the molecule is NCC1(c2nccc(C3CC3)n2)CCC1. The molecular formula is C12H17N3. The molecule has 1 aromatic rings. The van der Waals surface area contributed by atoms with E-state index >= 15 is 0 Å². The van der Waals surface area contributed by atoms with Gasteiger partial charge in [0.2, 0.25) is 0 Å². The average molecular weight is 203 g/mol. The number of nitrogens with two attached hydrogens (primary N) is 1.